The Kier molecular flexibility index (Phi) is 4.71. The average Bonchev–Trinajstić information content (AvgIpc) is 3.26. The molecule has 0 aliphatic carbocycles. The van der Waals surface area contributed by atoms with Crippen molar-refractivity contribution in [2.45, 2.75) is 43.4 Å². The molecule has 1 N–H and O–H groups in total. The Morgan fingerprint density at radius 1 is 1.29 bits per heavy atom. The summed E-state index contributed by atoms with van der Waals surface area (Å²) in [7, 11) is 0. The molecule has 0 spiro atoms. The van der Waals surface area contributed by atoms with Crippen LogP contribution in [0.2, 0.25) is 0 Å². The molecule has 0 unspecified atom stereocenters. The molecule has 28 heavy (non-hydrogen) atoms. The third-order valence-corrected chi connectivity index (χ3v) is 7.72. The monoisotopic (exact) mass is 416 g/mol. The molecular weight excluding hydrogens is 396 g/mol. The van der Waals surface area contributed by atoms with Gasteiger partial charge in [0.15, 0.2) is 4.87 Å². The van der Waals surface area contributed by atoms with Gasteiger partial charge in [-0.2, -0.15) is 0 Å². The van der Waals surface area contributed by atoms with E-state index in [1.807, 2.05) is 38.1 Å². The predicted octanol–water partition coefficient (Wildman–Crippen LogP) is 4.11. The van der Waals surface area contributed by atoms with Crippen molar-refractivity contribution in [2.75, 3.05) is 16.8 Å². The number of carbonyl (C=O) groups excluding carboxylic acids is 3. The number of thiophene rings is 1. The van der Waals surface area contributed by atoms with Gasteiger partial charge in [-0.1, -0.05) is 23.9 Å². The Bertz CT molecular complexity index is 1000. The Hall–Kier alpha value is -2.32. The second-order valence-electron chi connectivity index (χ2n) is 6.75. The fraction of sp³-hybridized carbons (Fsp3) is 0.350. The van der Waals surface area contributed by atoms with Gasteiger partial charge >= 0.3 is 5.97 Å². The molecule has 1 fully saturated rings. The second-order valence-corrected chi connectivity index (χ2v) is 9.29. The van der Waals surface area contributed by atoms with Crippen LogP contribution in [0.1, 0.15) is 40.6 Å². The quantitative estimate of drug-likeness (QED) is 0.759. The number of carbonyl (C=O) groups is 3. The van der Waals surface area contributed by atoms with E-state index in [1.165, 1.54) is 23.1 Å². The van der Waals surface area contributed by atoms with Gasteiger partial charge in [0.1, 0.15) is 5.00 Å². The van der Waals surface area contributed by atoms with E-state index in [9.17, 15) is 14.4 Å². The number of aryl methyl sites for hydroxylation is 1. The Labute approximate surface area is 171 Å². The van der Waals surface area contributed by atoms with Crippen LogP contribution in [0.5, 0.6) is 0 Å². The molecule has 2 aliphatic heterocycles. The van der Waals surface area contributed by atoms with Crippen LogP contribution >= 0.6 is 23.1 Å². The molecule has 2 aromatic rings. The third-order valence-electron chi connectivity index (χ3n) is 5.12. The van der Waals surface area contributed by atoms with Crippen molar-refractivity contribution in [3.8, 4) is 0 Å². The van der Waals surface area contributed by atoms with Gasteiger partial charge < -0.3 is 10.1 Å². The topological polar surface area (TPSA) is 75.7 Å². The number of hydrogen-bond acceptors (Lipinski definition) is 6. The summed E-state index contributed by atoms with van der Waals surface area (Å²) in [5, 5.41) is 3.41. The summed E-state index contributed by atoms with van der Waals surface area (Å²) in [5.74, 6) is -0.790. The summed E-state index contributed by atoms with van der Waals surface area (Å²) in [6.45, 7) is 5.76. The summed E-state index contributed by atoms with van der Waals surface area (Å²) >= 11 is 2.75. The number of fused-ring (bicyclic) bond motifs is 3. The van der Waals surface area contributed by atoms with E-state index in [-0.39, 0.29) is 18.4 Å². The van der Waals surface area contributed by atoms with Gasteiger partial charge in [-0.3, -0.25) is 14.5 Å². The number of benzene rings is 1. The number of esters is 1. The van der Waals surface area contributed by atoms with E-state index in [0.717, 1.165) is 21.0 Å². The standard InChI is InChI=1S/C20H20N2O4S2/c1-4-26-18(24)16-11(2)12(3)27-17(16)21-19(25)20-10-9-15(23)22(20)13-7-5-6-8-14(13)28-20/h5-8H,4,9-10H2,1-3H3,(H,21,25)/t20-/m1/s1. The van der Waals surface area contributed by atoms with Crippen LogP contribution in [0.3, 0.4) is 0 Å². The minimum absolute atomic E-state index is 0.0586. The first kappa shape index (κ1) is 19.0. The van der Waals surface area contributed by atoms with E-state index in [0.29, 0.717) is 23.4 Å². The van der Waals surface area contributed by atoms with E-state index < -0.39 is 10.8 Å². The average molecular weight is 417 g/mol. The molecule has 2 amide bonds. The summed E-state index contributed by atoms with van der Waals surface area (Å²) in [5.41, 5.74) is 1.97. The van der Waals surface area contributed by atoms with Gasteiger partial charge in [-0.25, -0.2) is 4.79 Å². The van der Waals surface area contributed by atoms with E-state index in [2.05, 4.69) is 5.32 Å². The maximum atomic E-state index is 13.4. The number of nitrogens with one attached hydrogen (secondary N) is 1. The van der Waals surface area contributed by atoms with Gasteiger partial charge in [-0.05, 0) is 44.9 Å². The van der Waals surface area contributed by atoms with Gasteiger partial charge in [0.05, 0.1) is 17.9 Å². The fourth-order valence-electron chi connectivity index (χ4n) is 3.66. The number of thioether (sulfide) groups is 1. The van der Waals surface area contributed by atoms with Gasteiger partial charge in [0.25, 0.3) is 5.91 Å². The molecule has 8 heteroatoms. The molecule has 0 bridgehead atoms. The van der Waals surface area contributed by atoms with Crippen molar-refractivity contribution in [1.82, 2.24) is 0 Å². The highest BCUT2D eigenvalue weighted by Crippen LogP contribution is 2.56. The van der Waals surface area contributed by atoms with Crippen LogP contribution in [0.25, 0.3) is 0 Å². The van der Waals surface area contributed by atoms with Crippen LogP contribution in [-0.2, 0) is 14.3 Å². The van der Waals surface area contributed by atoms with Crippen molar-refractivity contribution < 1.29 is 19.1 Å². The smallest absolute Gasteiger partial charge is 0.341 e. The van der Waals surface area contributed by atoms with Crippen LogP contribution in [-0.4, -0.2) is 29.3 Å². The Morgan fingerprint density at radius 2 is 2.04 bits per heavy atom. The fourth-order valence-corrected chi connectivity index (χ4v) is 6.12. The zero-order chi connectivity index (χ0) is 20.1. The Balaban J connectivity index is 1.69. The van der Waals surface area contributed by atoms with E-state index >= 15 is 0 Å². The molecular formula is C20H20N2O4S2. The summed E-state index contributed by atoms with van der Waals surface area (Å²) < 4.78 is 5.17. The first-order valence-electron chi connectivity index (χ1n) is 9.08. The molecule has 1 aromatic heterocycles. The zero-order valence-corrected chi connectivity index (χ0v) is 17.5. The number of ether oxygens (including phenoxy) is 1. The van der Waals surface area contributed by atoms with Gasteiger partial charge in [0.2, 0.25) is 5.91 Å². The summed E-state index contributed by atoms with van der Waals surface area (Å²) in [6, 6.07) is 7.55. The molecule has 146 valence electrons. The van der Waals surface area contributed by atoms with Crippen molar-refractivity contribution in [3.63, 3.8) is 0 Å². The van der Waals surface area contributed by atoms with Crippen molar-refractivity contribution in [3.05, 3.63) is 40.3 Å². The zero-order valence-electron chi connectivity index (χ0n) is 15.8. The number of anilines is 2. The number of hydrogen-bond donors (Lipinski definition) is 1. The second kappa shape index (κ2) is 6.93. The lowest BCUT2D eigenvalue weighted by Crippen LogP contribution is -2.49. The Morgan fingerprint density at radius 3 is 2.79 bits per heavy atom. The number of rotatable bonds is 4. The molecule has 6 nitrogen and oxygen atoms in total. The van der Waals surface area contributed by atoms with Crippen LogP contribution < -0.4 is 10.2 Å². The van der Waals surface area contributed by atoms with E-state index in [1.54, 1.807) is 11.8 Å². The molecule has 3 heterocycles. The number of nitrogens with zero attached hydrogens (tertiary/aromatic N) is 1. The molecule has 0 radical (unpaired) electrons. The number of amides is 2. The number of para-hydroxylation sites is 1. The molecule has 2 aliphatic rings. The van der Waals surface area contributed by atoms with E-state index in [4.69, 9.17) is 4.74 Å². The normalized spacial score (nSPS) is 20.1. The first-order valence-corrected chi connectivity index (χ1v) is 10.7. The predicted molar refractivity (Wildman–Crippen MR) is 110 cm³/mol. The largest absolute Gasteiger partial charge is 0.462 e. The van der Waals surface area contributed by atoms with Crippen LogP contribution in [0.15, 0.2) is 29.2 Å². The SMILES string of the molecule is CCOC(=O)c1c(NC(=O)[C@]23CCC(=O)N2c2ccccc2S3)sc(C)c1C. The van der Waals surface area contributed by atoms with Crippen molar-refractivity contribution >= 4 is 51.6 Å². The molecule has 0 saturated carbocycles. The molecule has 1 atom stereocenters. The highest BCUT2D eigenvalue weighted by molar-refractivity contribution is 8.02. The summed E-state index contributed by atoms with van der Waals surface area (Å²) in [6.07, 6.45) is 0.747. The minimum Gasteiger partial charge on any atom is -0.462 e. The lowest BCUT2D eigenvalue weighted by Gasteiger charge is -2.29. The van der Waals surface area contributed by atoms with Gasteiger partial charge in [-0.15, -0.1) is 11.3 Å². The summed E-state index contributed by atoms with van der Waals surface area (Å²) in [4.78, 5) is 40.8. The lowest BCUT2D eigenvalue weighted by atomic mass is 10.1. The van der Waals surface area contributed by atoms with Crippen LogP contribution in [0.4, 0.5) is 10.7 Å². The lowest BCUT2D eigenvalue weighted by molar-refractivity contribution is -0.121. The highest BCUT2D eigenvalue weighted by Gasteiger charge is 2.57. The van der Waals surface area contributed by atoms with Crippen molar-refractivity contribution in [2.24, 2.45) is 0 Å². The third kappa shape index (κ3) is 2.74. The van der Waals surface area contributed by atoms with Crippen molar-refractivity contribution in [1.29, 1.82) is 0 Å². The maximum Gasteiger partial charge on any atom is 0.341 e. The molecule has 4 rings (SSSR count). The van der Waals surface area contributed by atoms with Gasteiger partial charge in [0, 0.05) is 16.2 Å². The molecule has 1 saturated heterocycles. The molecule has 1 aromatic carbocycles. The highest BCUT2D eigenvalue weighted by atomic mass is 32.2. The first-order chi connectivity index (χ1) is 13.4. The minimum atomic E-state index is -1.02. The maximum absolute atomic E-state index is 13.4. The van der Waals surface area contributed by atoms with Crippen LogP contribution in [0, 0.1) is 13.8 Å².